The highest BCUT2D eigenvalue weighted by Gasteiger charge is 2.10. The van der Waals surface area contributed by atoms with Crippen LogP contribution in [0, 0.1) is 13.8 Å². The zero-order chi connectivity index (χ0) is 10.7. The van der Waals surface area contributed by atoms with E-state index in [0.29, 0.717) is 0 Å². The molecule has 0 atom stereocenters. The van der Waals surface area contributed by atoms with Gasteiger partial charge in [0.1, 0.15) is 0 Å². The summed E-state index contributed by atoms with van der Waals surface area (Å²) in [7, 11) is 0. The van der Waals surface area contributed by atoms with Gasteiger partial charge in [0.15, 0.2) is 0 Å². The van der Waals surface area contributed by atoms with Gasteiger partial charge in [-0.2, -0.15) is 5.10 Å². The van der Waals surface area contributed by atoms with Crippen LogP contribution in [0.5, 0.6) is 0 Å². The van der Waals surface area contributed by atoms with Crippen molar-refractivity contribution in [2.75, 3.05) is 5.01 Å². The average Bonchev–Trinajstić information content (AvgIpc) is 2.10. The molecule has 0 aliphatic carbocycles. The molecule has 2 nitrogen and oxygen atoms in total. The second-order valence-corrected chi connectivity index (χ2v) is 3.43. The van der Waals surface area contributed by atoms with E-state index < -0.39 is 0 Å². The van der Waals surface area contributed by atoms with E-state index in [9.17, 15) is 0 Å². The van der Waals surface area contributed by atoms with Crippen molar-refractivity contribution in [3.05, 3.63) is 41.6 Å². The van der Waals surface area contributed by atoms with Crippen LogP contribution in [0.25, 0.3) is 0 Å². The monoisotopic (exact) mass is 188 g/mol. The third-order valence-corrected chi connectivity index (χ3v) is 2.15. The number of benzene rings is 1. The van der Waals surface area contributed by atoms with E-state index in [-0.39, 0.29) is 0 Å². The van der Waals surface area contributed by atoms with Crippen LogP contribution < -0.4 is 5.01 Å². The van der Waals surface area contributed by atoms with Crippen LogP contribution in [0.3, 0.4) is 0 Å². The molecule has 0 bridgehead atoms. The SMILES string of the molecule is C=NN(C(=C)C)c1c(C)cccc1C. The standard InChI is InChI=1S/C12H16N2/c1-9(2)14(13-5)12-10(3)7-6-8-11(12)4/h6-8H,1,5H2,2-4H3. The number of aryl methyl sites for hydroxylation is 2. The van der Waals surface area contributed by atoms with Crippen molar-refractivity contribution in [1.82, 2.24) is 0 Å². The lowest BCUT2D eigenvalue weighted by molar-refractivity contribution is 0.993. The predicted molar refractivity (Wildman–Crippen MR) is 62.8 cm³/mol. The molecule has 0 N–H and O–H groups in total. The fourth-order valence-electron chi connectivity index (χ4n) is 1.52. The Balaban J connectivity index is 3.28. The maximum absolute atomic E-state index is 3.96. The van der Waals surface area contributed by atoms with Crippen LogP contribution in [0.4, 0.5) is 5.69 Å². The maximum Gasteiger partial charge on any atom is 0.0706 e. The minimum Gasteiger partial charge on any atom is -0.239 e. The maximum atomic E-state index is 3.96. The molecular weight excluding hydrogens is 172 g/mol. The normalized spacial score (nSPS) is 9.64. The van der Waals surface area contributed by atoms with Crippen molar-refractivity contribution in [2.45, 2.75) is 20.8 Å². The van der Waals surface area contributed by atoms with Crippen LogP contribution in [0.1, 0.15) is 18.1 Å². The Labute approximate surface area is 85.6 Å². The number of allylic oxidation sites excluding steroid dienone is 1. The highest BCUT2D eigenvalue weighted by atomic mass is 15.4. The van der Waals surface area contributed by atoms with Gasteiger partial charge in [-0.25, -0.2) is 5.01 Å². The number of hydrazone groups is 1. The molecule has 74 valence electrons. The summed E-state index contributed by atoms with van der Waals surface area (Å²) in [4.78, 5) is 0. The molecule has 2 heteroatoms. The number of nitrogens with zero attached hydrogens (tertiary/aromatic N) is 2. The van der Waals surface area contributed by atoms with Gasteiger partial charge in [-0.15, -0.1) is 0 Å². The summed E-state index contributed by atoms with van der Waals surface area (Å²) in [5, 5.41) is 5.73. The zero-order valence-electron chi connectivity index (χ0n) is 9.04. The van der Waals surface area contributed by atoms with Crippen molar-refractivity contribution in [1.29, 1.82) is 0 Å². The number of para-hydroxylation sites is 1. The molecule has 0 fully saturated rings. The predicted octanol–water partition coefficient (Wildman–Crippen LogP) is 3.26. The lowest BCUT2D eigenvalue weighted by Crippen LogP contribution is -2.14. The number of anilines is 1. The van der Waals surface area contributed by atoms with E-state index >= 15 is 0 Å². The molecule has 0 saturated heterocycles. The summed E-state index contributed by atoms with van der Waals surface area (Å²) >= 11 is 0. The molecule has 14 heavy (non-hydrogen) atoms. The van der Waals surface area contributed by atoms with E-state index in [1.54, 1.807) is 5.01 Å². The second kappa shape index (κ2) is 4.09. The molecule has 0 amide bonds. The zero-order valence-corrected chi connectivity index (χ0v) is 9.04. The van der Waals surface area contributed by atoms with Crippen molar-refractivity contribution >= 4 is 12.4 Å². The largest absolute Gasteiger partial charge is 0.239 e. The summed E-state index contributed by atoms with van der Waals surface area (Å²) in [6.45, 7) is 13.5. The Hall–Kier alpha value is -1.57. The third-order valence-electron chi connectivity index (χ3n) is 2.15. The van der Waals surface area contributed by atoms with E-state index in [1.807, 2.05) is 13.0 Å². The second-order valence-electron chi connectivity index (χ2n) is 3.43. The van der Waals surface area contributed by atoms with Crippen LogP contribution >= 0.6 is 0 Å². The molecular formula is C12H16N2. The molecule has 0 aliphatic rings. The quantitative estimate of drug-likeness (QED) is 0.525. The van der Waals surface area contributed by atoms with Gasteiger partial charge in [0.05, 0.1) is 5.69 Å². The van der Waals surface area contributed by atoms with Gasteiger partial charge in [0, 0.05) is 12.4 Å². The van der Waals surface area contributed by atoms with E-state index in [2.05, 4.69) is 44.4 Å². The minimum atomic E-state index is 0.873. The average molecular weight is 188 g/mol. The summed E-state index contributed by atoms with van der Waals surface area (Å²) in [5.74, 6) is 0. The third kappa shape index (κ3) is 1.84. The molecule has 0 heterocycles. The fraction of sp³-hybridized carbons (Fsp3) is 0.250. The first-order valence-corrected chi connectivity index (χ1v) is 4.56. The van der Waals surface area contributed by atoms with Crippen LogP contribution in [0.15, 0.2) is 35.6 Å². The number of hydrogen-bond donors (Lipinski definition) is 0. The van der Waals surface area contributed by atoms with Gasteiger partial charge in [0.2, 0.25) is 0 Å². The fourth-order valence-corrected chi connectivity index (χ4v) is 1.52. The lowest BCUT2D eigenvalue weighted by Gasteiger charge is -2.22. The number of rotatable bonds is 3. The smallest absolute Gasteiger partial charge is 0.0706 e. The molecule has 0 saturated carbocycles. The Morgan fingerprint density at radius 1 is 1.29 bits per heavy atom. The molecule has 0 aliphatic heterocycles. The summed E-state index contributed by atoms with van der Waals surface area (Å²) in [5.41, 5.74) is 4.31. The van der Waals surface area contributed by atoms with Crippen molar-refractivity contribution in [2.24, 2.45) is 5.10 Å². The molecule has 0 unspecified atom stereocenters. The Morgan fingerprint density at radius 2 is 1.79 bits per heavy atom. The highest BCUT2D eigenvalue weighted by molar-refractivity contribution is 5.62. The summed E-state index contributed by atoms with van der Waals surface area (Å²) in [6.07, 6.45) is 0. The molecule has 1 aromatic rings. The van der Waals surface area contributed by atoms with Gasteiger partial charge >= 0.3 is 0 Å². The van der Waals surface area contributed by atoms with Gasteiger partial charge in [-0.05, 0) is 31.9 Å². The molecule has 0 radical (unpaired) electrons. The van der Waals surface area contributed by atoms with E-state index in [1.165, 1.54) is 11.1 Å². The van der Waals surface area contributed by atoms with Crippen molar-refractivity contribution in [3.8, 4) is 0 Å². The Kier molecular flexibility index (Phi) is 3.07. The van der Waals surface area contributed by atoms with Gasteiger partial charge in [0.25, 0.3) is 0 Å². The first-order chi connectivity index (χ1) is 6.57. The van der Waals surface area contributed by atoms with Crippen LogP contribution in [-0.2, 0) is 0 Å². The summed E-state index contributed by atoms with van der Waals surface area (Å²) < 4.78 is 0. The summed E-state index contributed by atoms with van der Waals surface area (Å²) in [6, 6.07) is 6.15. The van der Waals surface area contributed by atoms with Crippen molar-refractivity contribution < 1.29 is 0 Å². The first-order valence-electron chi connectivity index (χ1n) is 4.56. The van der Waals surface area contributed by atoms with Crippen LogP contribution in [0.2, 0.25) is 0 Å². The number of hydrogen-bond acceptors (Lipinski definition) is 2. The van der Waals surface area contributed by atoms with Gasteiger partial charge in [-0.1, -0.05) is 24.8 Å². The molecule has 0 spiro atoms. The van der Waals surface area contributed by atoms with Crippen molar-refractivity contribution in [3.63, 3.8) is 0 Å². The van der Waals surface area contributed by atoms with E-state index in [4.69, 9.17) is 0 Å². The van der Waals surface area contributed by atoms with E-state index in [0.717, 1.165) is 11.4 Å². The Bertz CT molecular complexity index is 346. The van der Waals surface area contributed by atoms with Gasteiger partial charge in [-0.3, -0.25) is 0 Å². The minimum absolute atomic E-state index is 0.873. The van der Waals surface area contributed by atoms with Crippen LogP contribution in [-0.4, -0.2) is 6.72 Å². The lowest BCUT2D eigenvalue weighted by atomic mass is 10.1. The highest BCUT2D eigenvalue weighted by Crippen LogP contribution is 2.26. The first kappa shape index (κ1) is 10.5. The molecule has 1 rings (SSSR count). The molecule has 1 aromatic carbocycles. The van der Waals surface area contributed by atoms with Gasteiger partial charge < -0.3 is 0 Å². The Morgan fingerprint density at radius 3 is 2.14 bits per heavy atom. The topological polar surface area (TPSA) is 15.6 Å². The molecule has 0 aromatic heterocycles.